The lowest BCUT2D eigenvalue weighted by molar-refractivity contribution is 0.266. The Kier molecular flexibility index (Phi) is 2.37. The maximum absolute atomic E-state index is 5.65. The lowest BCUT2D eigenvalue weighted by Gasteiger charge is -2.16. The van der Waals surface area contributed by atoms with Crippen molar-refractivity contribution in [2.75, 3.05) is 13.1 Å². The molecular weight excluding hydrogens is 138 g/mol. The molecular formula is C8H17N3. The van der Waals surface area contributed by atoms with E-state index in [2.05, 4.69) is 30.9 Å². The van der Waals surface area contributed by atoms with E-state index in [1.165, 1.54) is 0 Å². The SMILES string of the molecule is CC(C)CN1CC(C)C(N)=N1. The van der Waals surface area contributed by atoms with Crippen LogP contribution < -0.4 is 5.73 Å². The van der Waals surface area contributed by atoms with Gasteiger partial charge >= 0.3 is 0 Å². The van der Waals surface area contributed by atoms with Crippen LogP contribution in [0.25, 0.3) is 0 Å². The van der Waals surface area contributed by atoms with Gasteiger partial charge in [-0.3, -0.25) is 5.01 Å². The van der Waals surface area contributed by atoms with Crippen LogP contribution in [-0.4, -0.2) is 23.9 Å². The molecule has 0 saturated carbocycles. The van der Waals surface area contributed by atoms with Crippen molar-refractivity contribution >= 4 is 5.84 Å². The van der Waals surface area contributed by atoms with E-state index in [0.29, 0.717) is 11.8 Å². The van der Waals surface area contributed by atoms with Crippen LogP contribution in [0.2, 0.25) is 0 Å². The average molecular weight is 155 g/mol. The number of rotatable bonds is 2. The second-order valence-electron chi connectivity index (χ2n) is 3.69. The molecule has 0 aromatic heterocycles. The van der Waals surface area contributed by atoms with Gasteiger partial charge in [-0.25, -0.2) is 0 Å². The molecule has 3 heteroatoms. The molecule has 11 heavy (non-hydrogen) atoms. The van der Waals surface area contributed by atoms with Crippen molar-refractivity contribution in [3.05, 3.63) is 0 Å². The fourth-order valence-corrected chi connectivity index (χ4v) is 1.25. The highest BCUT2D eigenvalue weighted by molar-refractivity contribution is 5.83. The van der Waals surface area contributed by atoms with Crippen LogP contribution in [0.5, 0.6) is 0 Å². The van der Waals surface area contributed by atoms with E-state index in [-0.39, 0.29) is 0 Å². The van der Waals surface area contributed by atoms with Crippen LogP contribution in [0.1, 0.15) is 20.8 Å². The maximum atomic E-state index is 5.65. The summed E-state index contributed by atoms with van der Waals surface area (Å²) in [5.41, 5.74) is 5.65. The topological polar surface area (TPSA) is 41.6 Å². The van der Waals surface area contributed by atoms with Crippen LogP contribution in [0.15, 0.2) is 5.10 Å². The summed E-state index contributed by atoms with van der Waals surface area (Å²) in [5.74, 6) is 1.89. The summed E-state index contributed by atoms with van der Waals surface area (Å²) in [6.07, 6.45) is 0. The Labute approximate surface area is 68.3 Å². The Morgan fingerprint density at radius 3 is 2.73 bits per heavy atom. The summed E-state index contributed by atoms with van der Waals surface area (Å²) in [6.45, 7) is 8.50. The normalized spacial score (nSPS) is 24.5. The smallest absolute Gasteiger partial charge is 0.124 e. The molecule has 1 atom stereocenters. The number of nitrogens with two attached hydrogens (primary N) is 1. The molecule has 0 fully saturated rings. The Morgan fingerprint density at radius 2 is 2.36 bits per heavy atom. The highest BCUT2D eigenvalue weighted by atomic mass is 15.5. The molecule has 0 saturated heterocycles. The summed E-state index contributed by atoms with van der Waals surface area (Å²) in [6, 6.07) is 0. The molecule has 1 rings (SSSR count). The van der Waals surface area contributed by atoms with E-state index in [4.69, 9.17) is 5.73 Å². The van der Waals surface area contributed by atoms with Crippen LogP contribution >= 0.6 is 0 Å². The lowest BCUT2D eigenvalue weighted by atomic mass is 10.1. The van der Waals surface area contributed by atoms with E-state index in [0.717, 1.165) is 18.9 Å². The minimum atomic E-state index is 0.439. The van der Waals surface area contributed by atoms with Crippen molar-refractivity contribution in [2.45, 2.75) is 20.8 Å². The third-order valence-electron chi connectivity index (χ3n) is 1.82. The van der Waals surface area contributed by atoms with E-state index in [1.807, 2.05) is 0 Å². The van der Waals surface area contributed by atoms with Crippen molar-refractivity contribution in [3.8, 4) is 0 Å². The number of hydrazone groups is 1. The Balaban J connectivity index is 2.41. The van der Waals surface area contributed by atoms with Crippen molar-refractivity contribution in [3.63, 3.8) is 0 Å². The molecule has 1 heterocycles. The minimum absolute atomic E-state index is 0.439. The zero-order chi connectivity index (χ0) is 8.43. The van der Waals surface area contributed by atoms with E-state index in [9.17, 15) is 0 Å². The fourth-order valence-electron chi connectivity index (χ4n) is 1.25. The van der Waals surface area contributed by atoms with E-state index < -0.39 is 0 Å². The average Bonchev–Trinajstić information content (AvgIpc) is 2.10. The number of nitrogens with zero attached hydrogens (tertiary/aromatic N) is 2. The first-order valence-corrected chi connectivity index (χ1v) is 4.18. The third kappa shape index (κ3) is 2.10. The van der Waals surface area contributed by atoms with Gasteiger partial charge < -0.3 is 5.73 Å². The van der Waals surface area contributed by atoms with Gasteiger partial charge in [0.15, 0.2) is 0 Å². The highest BCUT2D eigenvalue weighted by Gasteiger charge is 2.19. The van der Waals surface area contributed by atoms with Gasteiger partial charge in [-0.1, -0.05) is 20.8 Å². The molecule has 0 amide bonds. The van der Waals surface area contributed by atoms with Gasteiger partial charge in [0.1, 0.15) is 5.84 Å². The Bertz CT molecular complexity index is 163. The first-order valence-electron chi connectivity index (χ1n) is 4.18. The zero-order valence-corrected chi connectivity index (χ0v) is 7.54. The molecule has 0 spiro atoms. The van der Waals surface area contributed by atoms with Gasteiger partial charge in [-0.15, -0.1) is 0 Å². The van der Waals surface area contributed by atoms with Crippen LogP contribution in [0.3, 0.4) is 0 Å². The lowest BCUT2D eigenvalue weighted by Crippen LogP contribution is -2.23. The molecule has 0 aromatic carbocycles. The third-order valence-corrected chi connectivity index (χ3v) is 1.82. The summed E-state index contributed by atoms with van der Waals surface area (Å²) in [4.78, 5) is 0. The molecule has 2 N–H and O–H groups in total. The molecule has 1 aliphatic rings. The van der Waals surface area contributed by atoms with Gasteiger partial charge in [0, 0.05) is 19.0 Å². The van der Waals surface area contributed by atoms with Gasteiger partial charge in [0.2, 0.25) is 0 Å². The maximum Gasteiger partial charge on any atom is 0.124 e. The van der Waals surface area contributed by atoms with Crippen molar-refractivity contribution in [1.29, 1.82) is 0 Å². The minimum Gasteiger partial charge on any atom is -0.385 e. The fraction of sp³-hybridized carbons (Fsp3) is 0.875. The summed E-state index contributed by atoms with van der Waals surface area (Å²) in [5, 5.41) is 6.30. The predicted octanol–water partition coefficient (Wildman–Crippen LogP) is 0.866. The van der Waals surface area contributed by atoms with Crippen LogP contribution in [-0.2, 0) is 0 Å². The predicted molar refractivity (Wildman–Crippen MR) is 47.2 cm³/mol. The summed E-state index contributed by atoms with van der Waals surface area (Å²) >= 11 is 0. The number of amidine groups is 1. The molecule has 0 radical (unpaired) electrons. The monoisotopic (exact) mass is 155 g/mol. The van der Waals surface area contributed by atoms with Gasteiger partial charge in [-0.2, -0.15) is 5.10 Å². The molecule has 0 bridgehead atoms. The van der Waals surface area contributed by atoms with Crippen LogP contribution in [0, 0.1) is 11.8 Å². The first kappa shape index (κ1) is 8.37. The van der Waals surface area contributed by atoms with E-state index in [1.54, 1.807) is 0 Å². The van der Waals surface area contributed by atoms with Gasteiger partial charge in [-0.05, 0) is 5.92 Å². The van der Waals surface area contributed by atoms with E-state index >= 15 is 0 Å². The molecule has 1 unspecified atom stereocenters. The highest BCUT2D eigenvalue weighted by Crippen LogP contribution is 2.11. The summed E-state index contributed by atoms with van der Waals surface area (Å²) < 4.78 is 0. The quantitative estimate of drug-likeness (QED) is 0.642. The molecule has 1 aliphatic heterocycles. The molecule has 64 valence electrons. The molecule has 0 aromatic rings. The molecule has 0 aliphatic carbocycles. The standard InChI is InChI=1S/C8H17N3/c1-6(2)4-11-5-7(3)8(9)10-11/h6-7H,4-5H2,1-3H3,(H2,9,10). The number of hydrogen-bond acceptors (Lipinski definition) is 3. The van der Waals surface area contributed by atoms with Crippen LogP contribution in [0.4, 0.5) is 0 Å². The Morgan fingerprint density at radius 1 is 1.73 bits per heavy atom. The van der Waals surface area contributed by atoms with Crippen molar-refractivity contribution < 1.29 is 0 Å². The number of hydrogen-bond donors (Lipinski definition) is 1. The Hall–Kier alpha value is -0.730. The van der Waals surface area contributed by atoms with Gasteiger partial charge in [0.05, 0.1) is 0 Å². The summed E-state index contributed by atoms with van der Waals surface area (Å²) in [7, 11) is 0. The van der Waals surface area contributed by atoms with Crippen molar-refractivity contribution in [1.82, 2.24) is 5.01 Å². The molecule has 3 nitrogen and oxygen atoms in total. The van der Waals surface area contributed by atoms with Crippen molar-refractivity contribution in [2.24, 2.45) is 22.7 Å². The second kappa shape index (κ2) is 3.11. The second-order valence-corrected chi connectivity index (χ2v) is 3.69. The van der Waals surface area contributed by atoms with Gasteiger partial charge in [0.25, 0.3) is 0 Å². The first-order chi connectivity index (χ1) is 5.09. The zero-order valence-electron chi connectivity index (χ0n) is 7.54. The largest absolute Gasteiger partial charge is 0.385 e.